The smallest absolute Gasteiger partial charge is 0.342 e. The molecule has 1 aromatic carbocycles. The first kappa shape index (κ1) is 19.2. The average Bonchev–Trinajstić information content (AvgIpc) is 3.17. The normalized spacial score (nSPS) is 11.4. The van der Waals surface area contributed by atoms with E-state index in [1.807, 2.05) is 0 Å². The van der Waals surface area contributed by atoms with Gasteiger partial charge in [0.05, 0.1) is 34.1 Å². The Morgan fingerprint density at radius 2 is 1.81 bits per heavy atom. The van der Waals surface area contributed by atoms with E-state index in [4.69, 9.17) is 23.4 Å². The van der Waals surface area contributed by atoms with E-state index in [1.54, 1.807) is 18.2 Å². The number of furan rings is 1. The fraction of sp³-hybridized carbons (Fsp3) is 0.333. The second-order valence-corrected chi connectivity index (χ2v) is 5.23. The molecule has 8 nitrogen and oxygen atoms in total. The lowest BCUT2D eigenvalue weighted by Gasteiger charge is -2.17. The number of methoxy groups -OCH3 is 3. The molecule has 1 atom stereocenters. The molecule has 0 spiro atoms. The van der Waals surface area contributed by atoms with Crippen LogP contribution in [-0.2, 0) is 16.1 Å². The highest BCUT2D eigenvalue weighted by Gasteiger charge is 2.25. The molecule has 1 amide bonds. The molecule has 0 saturated carbocycles. The van der Waals surface area contributed by atoms with Crippen molar-refractivity contribution in [3.8, 4) is 17.2 Å². The van der Waals surface area contributed by atoms with Crippen LogP contribution in [0.25, 0.3) is 0 Å². The fourth-order valence-corrected chi connectivity index (χ4v) is 2.27. The molecule has 26 heavy (non-hydrogen) atoms. The lowest BCUT2D eigenvalue weighted by atomic mass is 10.1. The first-order chi connectivity index (χ1) is 12.5. The van der Waals surface area contributed by atoms with E-state index in [-0.39, 0.29) is 23.6 Å². The van der Waals surface area contributed by atoms with Crippen molar-refractivity contribution in [3.05, 3.63) is 41.9 Å². The third-order valence-electron chi connectivity index (χ3n) is 3.59. The molecule has 0 fully saturated rings. The summed E-state index contributed by atoms with van der Waals surface area (Å²) in [5, 5.41) is 2.63. The van der Waals surface area contributed by atoms with Gasteiger partial charge >= 0.3 is 5.97 Å². The molecule has 140 valence electrons. The number of benzene rings is 1. The Hall–Kier alpha value is -3.16. The largest absolute Gasteiger partial charge is 0.493 e. The van der Waals surface area contributed by atoms with Crippen molar-refractivity contribution in [3.63, 3.8) is 0 Å². The third kappa shape index (κ3) is 4.27. The number of esters is 1. The van der Waals surface area contributed by atoms with E-state index in [1.165, 1.54) is 40.6 Å². The Kier molecular flexibility index (Phi) is 6.48. The number of amides is 1. The topological polar surface area (TPSA) is 96.2 Å². The summed E-state index contributed by atoms with van der Waals surface area (Å²) in [6, 6.07) is 6.48. The molecule has 2 rings (SSSR count). The Bertz CT molecular complexity index is 755. The zero-order chi connectivity index (χ0) is 19.1. The summed E-state index contributed by atoms with van der Waals surface area (Å²) >= 11 is 0. The molecule has 0 bridgehead atoms. The molecule has 0 saturated heterocycles. The van der Waals surface area contributed by atoms with Crippen molar-refractivity contribution >= 4 is 11.9 Å². The number of carbonyl (C=O) groups is 2. The predicted octanol–water partition coefficient (Wildman–Crippen LogP) is 2.17. The second kappa shape index (κ2) is 8.80. The lowest BCUT2D eigenvalue weighted by Crippen LogP contribution is -2.35. The van der Waals surface area contributed by atoms with Crippen molar-refractivity contribution < 1.29 is 33.0 Å². The van der Waals surface area contributed by atoms with E-state index in [0.29, 0.717) is 11.5 Å². The molecule has 1 heterocycles. The first-order valence-corrected chi connectivity index (χ1v) is 7.81. The van der Waals surface area contributed by atoms with Gasteiger partial charge in [-0.25, -0.2) is 4.79 Å². The molecular weight excluding hydrogens is 342 g/mol. The maximum absolute atomic E-state index is 12.4. The van der Waals surface area contributed by atoms with Crippen LogP contribution in [0.4, 0.5) is 0 Å². The van der Waals surface area contributed by atoms with Gasteiger partial charge in [0.1, 0.15) is 11.3 Å². The van der Waals surface area contributed by atoms with Gasteiger partial charge in [0.2, 0.25) is 5.75 Å². The summed E-state index contributed by atoms with van der Waals surface area (Å²) in [5.41, 5.74) is 0.121. The van der Waals surface area contributed by atoms with Gasteiger partial charge in [0.25, 0.3) is 5.91 Å². The highest BCUT2D eigenvalue weighted by atomic mass is 16.6. The Labute approximate surface area is 151 Å². The molecule has 0 radical (unpaired) electrons. The van der Waals surface area contributed by atoms with Crippen molar-refractivity contribution in [1.29, 1.82) is 0 Å². The zero-order valence-electron chi connectivity index (χ0n) is 15.0. The molecule has 0 unspecified atom stereocenters. The summed E-state index contributed by atoms with van der Waals surface area (Å²) in [6.45, 7) is 1.68. The van der Waals surface area contributed by atoms with E-state index in [9.17, 15) is 9.59 Å². The van der Waals surface area contributed by atoms with Crippen LogP contribution in [0.1, 0.15) is 23.0 Å². The maximum Gasteiger partial charge on any atom is 0.342 e. The minimum atomic E-state index is -1.00. The predicted molar refractivity (Wildman–Crippen MR) is 91.5 cm³/mol. The molecule has 1 aromatic heterocycles. The lowest BCUT2D eigenvalue weighted by molar-refractivity contribution is -0.129. The van der Waals surface area contributed by atoms with Gasteiger partial charge in [-0.2, -0.15) is 0 Å². The van der Waals surface area contributed by atoms with Crippen molar-refractivity contribution in [2.24, 2.45) is 0 Å². The number of carbonyl (C=O) groups excluding carboxylic acids is 2. The van der Waals surface area contributed by atoms with Crippen LogP contribution in [0.2, 0.25) is 0 Å². The number of rotatable bonds is 8. The zero-order valence-corrected chi connectivity index (χ0v) is 15.0. The molecule has 8 heteroatoms. The molecular formula is C18H21NO7. The summed E-state index contributed by atoms with van der Waals surface area (Å²) in [5.74, 6) is 0.264. The van der Waals surface area contributed by atoms with E-state index < -0.39 is 18.0 Å². The van der Waals surface area contributed by atoms with Gasteiger partial charge in [-0.05, 0) is 31.2 Å². The molecule has 0 aliphatic carbocycles. The fourth-order valence-electron chi connectivity index (χ4n) is 2.27. The second-order valence-electron chi connectivity index (χ2n) is 5.23. The Morgan fingerprint density at radius 1 is 1.08 bits per heavy atom. The number of ether oxygens (including phenoxy) is 4. The average molecular weight is 363 g/mol. The number of nitrogens with one attached hydrogen (secondary N) is 1. The van der Waals surface area contributed by atoms with E-state index in [2.05, 4.69) is 5.32 Å². The summed E-state index contributed by atoms with van der Waals surface area (Å²) in [6.07, 6.45) is 0.504. The Balaban J connectivity index is 2.07. The van der Waals surface area contributed by atoms with Crippen molar-refractivity contribution in [1.82, 2.24) is 5.32 Å². The van der Waals surface area contributed by atoms with Crippen LogP contribution in [-0.4, -0.2) is 39.3 Å². The van der Waals surface area contributed by atoms with Gasteiger partial charge in [-0.3, -0.25) is 4.79 Å². The molecule has 1 N–H and O–H groups in total. The summed E-state index contributed by atoms with van der Waals surface area (Å²) in [4.78, 5) is 24.5. The monoisotopic (exact) mass is 363 g/mol. The van der Waals surface area contributed by atoms with Gasteiger partial charge in [-0.15, -0.1) is 0 Å². The van der Waals surface area contributed by atoms with Crippen molar-refractivity contribution in [2.45, 2.75) is 19.6 Å². The standard InChI is InChI=1S/C18H21NO7/c1-11(17(20)19-10-12-6-5-9-25-12)26-18(21)13-7-8-14(22-2)16(24-4)15(13)23-3/h5-9,11H,10H2,1-4H3,(H,19,20)/t11-/m1/s1. The van der Waals surface area contributed by atoms with Crippen LogP contribution in [0.3, 0.4) is 0 Å². The Morgan fingerprint density at radius 3 is 2.38 bits per heavy atom. The maximum atomic E-state index is 12.4. The highest BCUT2D eigenvalue weighted by Crippen LogP contribution is 2.40. The van der Waals surface area contributed by atoms with Crippen LogP contribution in [0, 0.1) is 0 Å². The molecule has 0 aliphatic rings. The highest BCUT2D eigenvalue weighted by molar-refractivity contribution is 5.96. The SMILES string of the molecule is COc1ccc(C(=O)O[C@H](C)C(=O)NCc2ccco2)c(OC)c1OC. The quantitative estimate of drug-likeness (QED) is 0.718. The molecule has 0 aliphatic heterocycles. The van der Waals surface area contributed by atoms with Crippen LogP contribution in [0.15, 0.2) is 34.9 Å². The summed E-state index contributed by atoms with van der Waals surface area (Å²) in [7, 11) is 4.30. The van der Waals surface area contributed by atoms with Crippen molar-refractivity contribution in [2.75, 3.05) is 21.3 Å². The third-order valence-corrected chi connectivity index (χ3v) is 3.59. The van der Waals surface area contributed by atoms with Gasteiger partial charge < -0.3 is 28.7 Å². The molecule has 2 aromatic rings. The van der Waals surface area contributed by atoms with Crippen LogP contribution >= 0.6 is 0 Å². The van der Waals surface area contributed by atoms with Crippen LogP contribution < -0.4 is 19.5 Å². The van der Waals surface area contributed by atoms with Gasteiger partial charge in [-0.1, -0.05) is 0 Å². The first-order valence-electron chi connectivity index (χ1n) is 7.81. The van der Waals surface area contributed by atoms with Crippen LogP contribution in [0.5, 0.6) is 17.2 Å². The number of hydrogen-bond acceptors (Lipinski definition) is 7. The van der Waals surface area contributed by atoms with Gasteiger partial charge in [0.15, 0.2) is 17.6 Å². The van der Waals surface area contributed by atoms with E-state index >= 15 is 0 Å². The minimum absolute atomic E-state index is 0.121. The summed E-state index contributed by atoms with van der Waals surface area (Å²) < 4.78 is 26.0. The van der Waals surface area contributed by atoms with Gasteiger partial charge in [0, 0.05) is 0 Å². The minimum Gasteiger partial charge on any atom is -0.493 e. The van der Waals surface area contributed by atoms with E-state index in [0.717, 1.165) is 0 Å². The number of hydrogen-bond donors (Lipinski definition) is 1.